The monoisotopic (exact) mass is 356 g/mol. The summed E-state index contributed by atoms with van der Waals surface area (Å²) >= 11 is 0. The van der Waals surface area contributed by atoms with Crippen molar-refractivity contribution in [2.75, 3.05) is 19.0 Å². The Labute approximate surface area is 154 Å². The van der Waals surface area contributed by atoms with E-state index in [1.54, 1.807) is 19.2 Å². The Morgan fingerprint density at radius 1 is 1.00 bits per heavy atom. The Morgan fingerprint density at radius 3 is 2.12 bits per heavy atom. The highest BCUT2D eigenvalue weighted by atomic mass is 16.5. The van der Waals surface area contributed by atoms with Crippen LogP contribution < -0.4 is 10.6 Å². The van der Waals surface area contributed by atoms with Gasteiger partial charge in [-0.05, 0) is 74.8 Å². The van der Waals surface area contributed by atoms with Crippen molar-refractivity contribution in [1.29, 1.82) is 0 Å². The standard InChI is InChI=1S/C21H28N2O3/c1-13-3-5-18(6-4-13)23-20(25)19(24)22-12-21(26-2)16-8-14-7-15(10-16)11-17(21)9-14/h3-6,14-17H,7-12H2,1-2H3,(H,22,24)(H,23,25). The van der Waals surface area contributed by atoms with Crippen molar-refractivity contribution in [2.45, 2.75) is 44.6 Å². The van der Waals surface area contributed by atoms with Crippen molar-refractivity contribution >= 4 is 17.5 Å². The number of rotatable bonds is 4. The summed E-state index contributed by atoms with van der Waals surface area (Å²) in [5, 5.41) is 5.52. The lowest BCUT2D eigenvalue weighted by atomic mass is 9.49. The number of carbonyl (C=O) groups is 2. The molecule has 5 heteroatoms. The molecule has 0 atom stereocenters. The van der Waals surface area contributed by atoms with E-state index in [0.29, 0.717) is 24.1 Å². The second-order valence-corrected chi connectivity index (χ2v) is 8.47. The lowest BCUT2D eigenvalue weighted by Crippen LogP contribution is -2.63. The predicted octanol–water partition coefficient (Wildman–Crippen LogP) is 2.89. The van der Waals surface area contributed by atoms with Crippen LogP contribution in [0.1, 0.15) is 37.7 Å². The fourth-order valence-corrected chi connectivity index (χ4v) is 5.80. The Kier molecular flexibility index (Phi) is 4.51. The summed E-state index contributed by atoms with van der Waals surface area (Å²) in [6, 6.07) is 7.41. The molecule has 1 aromatic carbocycles. The van der Waals surface area contributed by atoms with Crippen LogP contribution in [-0.4, -0.2) is 31.1 Å². The van der Waals surface area contributed by atoms with E-state index in [9.17, 15) is 9.59 Å². The number of methoxy groups -OCH3 is 1. The largest absolute Gasteiger partial charge is 0.376 e. The van der Waals surface area contributed by atoms with Gasteiger partial charge < -0.3 is 15.4 Å². The first-order valence-electron chi connectivity index (χ1n) is 9.71. The topological polar surface area (TPSA) is 67.4 Å². The molecule has 2 amide bonds. The van der Waals surface area contributed by atoms with Crippen LogP contribution in [-0.2, 0) is 14.3 Å². The van der Waals surface area contributed by atoms with Crippen molar-refractivity contribution in [2.24, 2.45) is 23.7 Å². The Hall–Kier alpha value is -1.88. The molecule has 0 spiro atoms. The van der Waals surface area contributed by atoms with Crippen LogP contribution in [0.15, 0.2) is 24.3 Å². The summed E-state index contributed by atoms with van der Waals surface area (Å²) < 4.78 is 6.03. The van der Waals surface area contributed by atoms with E-state index >= 15 is 0 Å². The summed E-state index contributed by atoms with van der Waals surface area (Å²) in [6.45, 7) is 2.41. The molecule has 0 unspecified atom stereocenters. The van der Waals surface area contributed by atoms with E-state index in [1.807, 2.05) is 19.1 Å². The van der Waals surface area contributed by atoms with E-state index in [1.165, 1.54) is 32.1 Å². The number of amides is 2. The van der Waals surface area contributed by atoms with Gasteiger partial charge in [0.1, 0.15) is 0 Å². The first kappa shape index (κ1) is 17.5. The van der Waals surface area contributed by atoms with Crippen LogP contribution in [0.25, 0.3) is 0 Å². The van der Waals surface area contributed by atoms with Gasteiger partial charge in [-0.15, -0.1) is 0 Å². The molecule has 0 saturated heterocycles. The van der Waals surface area contributed by atoms with Gasteiger partial charge in [-0.1, -0.05) is 17.7 Å². The van der Waals surface area contributed by atoms with E-state index < -0.39 is 11.8 Å². The second kappa shape index (κ2) is 6.69. The summed E-state index contributed by atoms with van der Waals surface area (Å²) in [7, 11) is 1.76. The maximum absolute atomic E-state index is 12.3. The highest BCUT2D eigenvalue weighted by Gasteiger charge is 2.57. The number of carbonyl (C=O) groups excluding carboxylic acids is 2. The van der Waals surface area contributed by atoms with E-state index in [4.69, 9.17) is 4.74 Å². The number of anilines is 1. The van der Waals surface area contributed by atoms with Crippen LogP contribution in [0.2, 0.25) is 0 Å². The molecule has 4 saturated carbocycles. The van der Waals surface area contributed by atoms with Crippen LogP contribution in [0.4, 0.5) is 5.69 Å². The van der Waals surface area contributed by atoms with Crippen LogP contribution in [0.5, 0.6) is 0 Å². The third-order valence-electron chi connectivity index (χ3n) is 6.94. The zero-order valence-electron chi connectivity index (χ0n) is 15.6. The minimum Gasteiger partial charge on any atom is -0.376 e. The van der Waals surface area contributed by atoms with Crippen molar-refractivity contribution in [3.05, 3.63) is 29.8 Å². The molecule has 0 aromatic heterocycles. The van der Waals surface area contributed by atoms with Gasteiger partial charge in [-0.3, -0.25) is 9.59 Å². The first-order chi connectivity index (χ1) is 12.5. The minimum atomic E-state index is -0.621. The molecule has 0 radical (unpaired) electrons. The number of nitrogens with one attached hydrogen (secondary N) is 2. The van der Waals surface area contributed by atoms with Gasteiger partial charge in [0.05, 0.1) is 5.60 Å². The molecular weight excluding hydrogens is 328 g/mol. The average Bonchev–Trinajstić information content (AvgIpc) is 2.63. The molecule has 140 valence electrons. The van der Waals surface area contributed by atoms with Gasteiger partial charge >= 0.3 is 11.8 Å². The zero-order chi connectivity index (χ0) is 18.3. The van der Waals surface area contributed by atoms with Gasteiger partial charge in [0.2, 0.25) is 0 Å². The highest BCUT2D eigenvalue weighted by Crippen LogP contribution is 2.59. The fourth-order valence-electron chi connectivity index (χ4n) is 5.80. The van der Waals surface area contributed by atoms with Crippen molar-refractivity contribution in [3.63, 3.8) is 0 Å². The van der Waals surface area contributed by atoms with Gasteiger partial charge in [-0.25, -0.2) is 0 Å². The smallest absolute Gasteiger partial charge is 0.313 e. The number of aryl methyl sites for hydroxylation is 1. The molecule has 4 aliphatic rings. The molecule has 5 rings (SSSR count). The van der Waals surface area contributed by atoms with E-state index in [0.717, 1.165) is 17.4 Å². The molecule has 4 bridgehead atoms. The highest BCUT2D eigenvalue weighted by molar-refractivity contribution is 6.39. The van der Waals surface area contributed by atoms with Crippen LogP contribution in [0.3, 0.4) is 0 Å². The summed E-state index contributed by atoms with van der Waals surface area (Å²) in [5.41, 5.74) is 1.44. The molecule has 0 aliphatic heterocycles. The minimum absolute atomic E-state index is 0.298. The van der Waals surface area contributed by atoms with Gasteiger partial charge in [0, 0.05) is 19.3 Å². The van der Waals surface area contributed by atoms with Crippen molar-refractivity contribution in [1.82, 2.24) is 5.32 Å². The van der Waals surface area contributed by atoms with Crippen LogP contribution in [0, 0.1) is 30.6 Å². The number of ether oxygens (including phenoxy) is 1. The number of benzene rings is 1. The predicted molar refractivity (Wildman–Crippen MR) is 99.6 cm³/mol. The Morgan fingerprint density at radius 2 is 1.58 bits per heavy atom. The summed E-state index contributed by atoms with van der Waals surface area (Å²) in [4.78, 5) is 24.5. The van der Waals surface area contributed by atoms with Crippen LogP contribution >= 0.6 is 0 Å². The molecule has 26 heavy (non-hydrogen) atoms. The molecule has 4 fully saturated rings. The maximum atomic E-state index is 12.3. The van der Waals surface area contributed by atoms with Gasteiger partial charge in [0.25, 0.3) is 0 Å². The summed E-state index contributed by atoms with van der Waals surface area (Å²) in [6.07, 6.45) is 6.18. The summed E-state index contributed by atoms with van der Waals surface area (Å²) in [5.74, 6) is 1.47. The van der Waals surface area contributed by atoms with Crippen molar-refractivity contribution < 1.29 is 14.3 Å². The molecule has 4 aliphatic carbocycles. The zero-order valence-corrected chi connectivity index (χ0v) is 15.6. The van der Waals surface area contributed by atoms with Gasteiger partial charge in [0.15, 0.2) is 0 Å². The lowest BCUT2D eigenvalue weighted by molar-refractivity contribution is -0.188. The Bertz CT molecular complexity index is 670. The molecule has 2 N–H and O–H groups in total. The Balaban J connectivity index is 1.38. The third-order valence-corrected chi connectivity index (χ3v) is 6.94. The molecule has 5 nitrogen and oxygen atoms in total. The third kappa shape index (κ3) is 3.02. The lowest BCUT2D eigenvalue weighted by Gasteiger charge is -2.60. The number of hydrogen-bond acceptors (Lipinski definition) is 3. The molecule has 1 aromatic rings. The molecular formula is C21H28N2O3. The number of hydrogen-bond donors (Lipinski definition) is 2. The second-order valence-electron chi connectivity index (χ2n) is 8.47. The quantitative estimate of drug-likeness (QED) is 0.815. The normalized spacial score (nSPS) is 34.5. The maximum Gasteiger partial charge on any atom is 0.313 e. The average molecular weight is 356 g/mol. The molecule has 0 heterocycles. The van der Waals surface area contributed by atoms with Crippen molar-refractivity contribution in [3.8, 4) is 0 Å². The van der Waals surface area contributed by atoms with E-state index in [-0.39, 0.29) is 5.60 Å². The SMILES string of the molecule is COC1(CNC(=O)C(=O)Nc2ccc(C)cc2)C2CC3CC(C2)CC1C3. The van der Waals surface area contributed by atoms with Gasteiger partial charge in [-0.2, -0.15) is 0 Å². The fraction of sp³-hybridized carbons (Fsp3) is 0.619. The first-order valence-corrected chi connectivity index (χ1v) is 9.71. The van der Waals surface area contributed by atoms with E-state index in [2.05, 4.69) is 10.6 Å².